The molecule has 0 radical (unpaired) electrons. The fraction of sp³-hybridized carbons (Fsp3) is 0.278. The molecule has 0 fully saturated rings. The molecular formula is C18H22N3O4+. The molecule has 1 amide bonds. The van der Waals surface area contributed by atoms with Crippen molar-refractivity contribution in [3.63, 3.8) is 0 Å². The van der Waals surface area contributed by atoms with Crippen LogP contribution < -0.4 is 10.6 Å². The Hall–Kier alpha value is -2.77. The summed E-state index contributed by atoms with van der Waals surface area (Å²) in [6.07, 6.45) is 0. The molecule has 2 aromatic carbocycles. The number of anilines is 1. The molecule has 0 bridgehead atoms. The van der Waals surface area contributed by atoms with E-state index in [9.17, 15) is 14.9 Å². The van der Waals surface area contributed by atoms with E-state index in [4.69, 9.17) is 4.74 Å². The summed E-state index contributed by atoms with van der Waals surface area (Å²) in [6.45, 7) is 2.87. The minimum absolute atomic E-state index is 0.114. The van der Waals surface area contributed by atoms with Crippen molar-refractivity contribution in [2.45, 2.75) is 13.0 Å². The fourth-order valence-corrected chi connectivity index (χ4v) is 2.52. The Kier molecular flexibility index (Phi) is 6.62. The molecule has 0 aromatic heterocycles. The number of nitro benzene ring substituents is 1. The quantitative estimate of drug-likeness (QED) is 0.433. The van der Waals surface area contributed by atoms with Crippen LogP contribution in [0.2, 0.25) is 0 Å². The summed E-state index contributed by atoms with van der Waals surface area (Å²) in [5, 5.41) is 15.8. The van der Waals surface area contributed by atoms with Crippen LogP contribution in [-0.2, 0) is 9.53 Å². The maximum Gasteiger partial charge on any atom is 0.293 e. The first-order valence-electron chi connectivity index (χ1n) is 7.96. The first kappa shape index (κ1) is 18.6. The Morgan fingerprint density at radius 3 is 2.64 bits per heavy atom. The molecule has 0 aliphatic heterocycles. The Bertz CT molecular complexity index is 734. The summed E-state index contributed by atoms with van der Waals surface area (Å²) in [6, 6.07) is 13.5. The number of benzene rings is 2. The van der Waals surface area contributed by atoms with Gasteiger partial charge in [0.15, 0.2) is 6.04 Å². The summed E-state index contributed by atoms with van der Waals surface area (Å²) < 4.78 is 5.04. The van der Waals surface area contributed by atoms with E-state index in [0.717, 1.165) is 11.1 Å². The third-order valence-electron chi connectivity index (χ3n) is 3.77. The van der Waals surface area contributed by atoms with Gasteiger partial charge in [0.2, 0.25) is 0 Å². The van der Waals surface area contributed by atoms with Crippen molar-refractivity contribution in [1.29, 1.82) is 0 Å². The van der Waals surface area contributed by atoms with Gasteiger partial charge in [-0.3, -0.25) is 14.9 Å². The number of nitrogens with one attached hydrogen (secondary N) is 1. The van der Waals surface area contributed by atoms with Crippen LogP contribution in [0.1, 0.15) is 17.2 Å². The van der Waals surface area contributed by atoms with Crippen LogP contribution in [0.3, 0.4) is 0 Å². The topological polar surface area (TPSA) is 98.1 Å². The SMILES string of the molecule is COCC[NH2+][C@@H](C(=O)Nc1ccc(C)cc1[N+](=O)[O-])c1ccccc1. The number of quaternary nitrogens is 1. The van der Waals surface area contributed by atoms with E-state index in [1.807, 2.05) is 35.6 Å². The number of nitrogens with zero attached hydrogens (tertiary/aromatic N) is 1. The minimum atomic E-state index is -0.516. The average Bonchev–Trinajstić information content (AvgIpc) is 2.60. The second-order valence-electron chi connectivity index (χ2n) is 5.67. The van der Waals surface area contributed by atoms with Crippen molar-refractivity contribution in [3.05, 3.63) is 69.8 Å². The number of hydrogen-bond donors (Lipinski definition) is 2. The largest absolute Gasteiger partial charge is 0.379 e. The highest BCUT2D eigenvalue weighted by molar-refractivity contribution is 5.96. The van der Waals surface area contributed by atoms with Crippen LogP contribution >= 0.6 is 0 Å². The van der Waals surface area contributed by atoms with E-state index < -0.39 is 11.0 Å². The fourth-order valence-electron chi connectivity index (χ4n) is 2.52. The molecular weight excluding hydrogens is 322 g/mol. The van der Waals surface area contributed by atoms with Crippen LogP contribution in [0.4, 0.5) is 11.4 Å². The summed E-state index contributed by atoms with van der Waals surface area (Å²) in [4.78, 5) is 23.5. The molecule has 7 heteroatoms. The number of methoxy groups -OCH3 is 1. The maximum absolute atomic E-state index is 12.8. The zero-order valence-electron chi connectivity index (χ0n) is 14.3. The number of amides is 1. The van der Waals surface area contributed by atoms with Gasteiger partial charge in [0, 0.05) is 18.7 Å². The molecule has 7 nitrogen and oxygen atoms in total. The highest BCUT2D eigenvalue weighted by Crippen LogP contribution is 2.26. The standard InChI is InChI=1S/C18H21N3O4/c1-13-8-9-15(16(12-13)21(23)24)20-18(22)17(19-10-11-25-2)14-6-4-3-5-7-14/h3-9,12,17,19H,10-11H2,1-2H3,(H,20,22)/p+1/t17-/m1/s1. The first-order valence-corrected chi connectivity index (χ1v) is 7.96. The molecule has 3 N–H and O–H groups in total. The van der Waals surface area contributed by atoms with E-state index in [0.29, 0.717) is 13.2 Å². The lowest BCUT2D eigenvalue weighted by Gasteiger charge is -2.16. The van der Waals surface area contributed by atoms with Gasteiger partial charge >= 0.3 is 0 Å². The van der Waals surface area contributed by atoms with Gasteiger partial charge in [-0.05, 0) is 18.6 Å². The lowest BCUT2D eigenvalue weighted by molar-refractivity contribution is -0.683. The Labute approximate surface area is 146 Å². The average molecular weight is 344 g/mol. The summed E-state index contributed by atoms with van der Waals surface area (Å²) in [5.41, 5.74) is 1.67. The molecule has 2 rings (SSSR count). The highest BCUT2D eigenvalue weighted by atomic mass is 16.6. The lowest BCUT2D eigenvalue weighted by Crippen LogP contribution is -2.88. The van der Waals surface area contributed by atoms with Gasteiger partial charge in [-0.25, -0.2) is 0 Å². The Morgan fingerprint density at radius 1 is 1.28 bits per heavy atom. The maximum atomic E-state index is 12.8. The Morgan fingerprint density at radius 2 is 2.00 bits per heavy atom. The number of rotatable bonds is 8. The van der Waals surface area contributed by atoms with Crippen molar-refractivity contribution < 1.29 is 19.8 Å². The molecule has 0 unspecified atom stereocenters. The van der Waals surface area contributed by atoms with Gasteiger partial charge in [0.25, 0.3) is 11.6 Å². The van der Waals surface area contributed by atoms with Crippen molar-refractivity contribution in [2.75, 3.05) is 25.6 Å². The second-order valence-corrected chi connectivity index (χ2v) is 5.67. The zero-order valence-corrected chi connectivity index (χ0v) is 14.3. The monoisotopic (exact) mass is 344 g/mol. The molecule has 0 spiro atoms. The molecule has 0 aliphatic carbocycles. The van der Waals surface area contributed by atoms with Crippen LogP contribution in [-0.4, -0.2) is 31.1 Å². The van der Waals surface area contributed by atoms with E-state index in [-0.39, 0.29) is 17.3 Å². The molecule has 1 atom stereocenters. The van der Waals surface area contributed by atoms with E-state index >= 15 is 0 Å². The van der Waals surface area contributed by atoms with Crippen molar-refractivity contribution in [1.82, 2.24) is 0 Å². The number of carbonyl (C=O) groups is 1. The normalized spacial score (nSPS) is 11.8. The molecule has 0 aliphatic rings. The molecule has 25 heavy (non-hydrogen) atoms. The number of carbonyl (C=O) groups excluding carboxylic acids is 1. The summed E-state index contributed by atoms with van der Waals surface area (Å²) >= 11 is 0. The van der Waals surface area contributed by atoms with Crippen LogP contribution in [0.5, 0.6) is 0 Å². The van der Waals surface area contributed by atoms with E-state index in [1.165, 1.54) is 6.07 Å². The number of nitro groups is 1. The predicted molar refractivity (Wildman–Crippen MR) is 94.3 cm³/mol. The third kappa shape index (κ3) is 5.10. The minimum Gasteiger partial charge on any atom is -0.379 e. The third-order valence-corrected chi connectivity index (χ3v) is 3.77. The van der Waals surface area contributed by atoms with Crippen LogP contribution in [0.25, 0.3) is 0 Å². The van der Waals surface area contributed by atoms with Crippen molar-refractivity contribution >= 4 is 17.3 Å². The van der Waals surface area contributed by atoms with Gasteiger partial charge < -0.3 is 15.4 Å². The van der Waals surface area contributed by atoms with Crippen molar-refractivity contribution in [2.24, 2.45) is 0 Å². The molecule has 132 valence electrons. The molecule has 0 heterocycles. The Balaban J connectivity index is 2.24. The predicted octanol–water partition coefficient (Wildman–Crippen LogP) is 1.79. The number of nitrogens with two attached hydrogens (primary N) is 1. The molecule has 0 saturated carbocycles. The number of aryl methyl sites for hydroxylation is 1. The molecule has 0 saturated heterocycles. The van der Waals surface area contributed by atoms with Crippen molar-refractivity contribution in [3.8, 4) is 0 Å². The summed E-state index contributed by atoms with van der Waals surface area (Å²) in [7, 11) is 1.60. The van der Waals surface area contributed by atoms with Crippen LogP contribution in [0.15, 0.2) is 48.5 Å². The zero-order chi connectivity index (χ0) is 18.2. The van der Waals surface area contributed by atoms with Gasteiger partial charge in [0.05, 0.1) is 11.5 Å². The molecule has 2 aromatic rings. The lowest BCUT2D eigenvalue weighted by atomic mass is 10.1. The van der Waals surface area contributed by atoms with E-state index in [2.05, 4.69) is 5.32 Å². The van der Waals surface area contributed by atoms with Crippen LogP contribution in [0, 0.1) is 17.0 Å². The first-order chi connectivity index (χ1) is 12.0. The van der Waals surface area contributed by atoms with Gasteiger partial charge in [-0.15, -0.1) is 0 Å². The van der Waals surface area contributed by atoms with Gasteiger partial charge in [-0.2, -0.15) is 0 Å². The van der Waals surface area contributed by atoms with Gasteiger partial charge in [0.1, 0.15) is 12.2 Å². The highest BCUT2D eigenvalue weighted by Gasteiger charge is 2.26. The smallest absolute Gasteiger partial charge is 0.293 e. The number of ether oxygens (including phenoxy) is 1. The number of hydrogen-bond acceptors (Lipinski definition) is 4. The van der Waals surface area contributed by atoms with Gasteiger partial charge in [-0.1, -0.05) is 36.4 Å². The van der Waals surface area contributed by atoms with E-state index in [1.54, 1.807) is 26.2 Å². The second kappa shape index (κ2) is 8.91. The summed E-state index contributed by atoms with van der Waals surface area (Å²) in [5.74, 6) is -0.311.